The van der Waals surface area contributed by atoms with Crippen LogP contribution in [-0.4, -0.2) is 30.4 Å². The molecule has 0 radical (unpaired) electrons. The van der Waals surface area contributed by atoms with Gasteiger partial charge in [0.15, 0.2) is 0 Å². The van der Waals surface area contributed by atoms with Gasteiger partial charge in [-0.25, -0.2) is 9.69 Å². The Bertz CT molecular complexity index is 1530. The molecule has 5 fully saturated rings. The lowest BCUT2D eigenvalue weighted by Crippen LogP contribution is -2.54. The van der Waals surface area contributed by atoms with Gasteiger partial charge in [0.2, 0.25) is 0 Å². The van der Waals surface area contributed by atoms with Gasteiger partial charge < -0.3 is 4.90 Å². The molecule has 2 aromatic carbocycles. The summed E-state index contributed by atoms with van der Waals surface area (Å²) in [6.45, 7) is 8.43. The second kappa shape index (κ2) is 8.91. The van der Waals surface area contributed by atoms with E-state index in [1.54, 1.807) is 6.08 Å². The molecule has 1 saturated heterocycles. The third kappa shape index (κ3) is 4.09. The fourth-order valence-electron chi connectivity index (χ4n) is 8.95. The minimum Gasteiger partial charge on any atom is -0.365 e. The van der Waals surface area contributed by atoms with Crippen LogP contribution in [-0.2, 0) is 15.0 Å². The van der Waals surface area contributed by atoms with Crippen molar-refractivity contribution in [2.45, 2.75) is 77.2 Å². The average Bonchev–Trinajstić information content (AvgIpc) is 2.89. The molecule has 1 N–H and O–H groups in total. The number of urea groups is 1. The number of nitrogens with one attached hydrogen (secondary N) is 1. The van der Waals surface area contributed by atoms with Crippen LogP contribution in [0.5, 0.6) is 0 Å². The number of carbonyl (C=O) groups excluding carboxylic acids is 3. The number of anilines is 2. The first kappa shape index (κ1) is 26.2. The fourth-order valence-corrected chi connectivity index (χ4v) is 8.95. The molecule has 6 aliphatic rings. The van der Waals surface area contributed by atoms with Crippen molar-refractivity contribution in [2.75, 3.05) is 16.8 Å². The second-order valence-electron chi connectivity index (χ2n) is 14.0. The topological polar surface area (TPSA) is 69.7 Å². The number of fused-ring (bicyclic) bond motifs is 1. The summed E-state index contributed by atoms with van der Waals surface area (Å²) in [5, 5.41) is 2.40. The van der Waals surface area contributed by atoms with E-state index in [0.29, 0.717) is 5.69 Å². The van der Waals surface area contributed by atoms with Crippen molar-refractivity contribution in [1.82, 2.24) is 5.32 Å². The van der Waals surface area contributed by atoms with E-state index in [1.807, 2.05) is 25.1 Å². The second-order valence-corrected chi connectivity index (χ2v) is 14.0. The number of allylic oxidation sites excluding steroid dienone is 1. The largest absolute Gasteiger partial charge is 0.365 e. The van der Waals surface area contributed by atoms with E-state index in [9.17, 15) is 14.4 Å². The van der Waals surface area contributed by atoms with Crippen LogP contribution >= 0.6 is 0 Å². The molecule has 6 heteroatoms. The number of amides is 4. The highest BCUT2D eigenvalue weighted by molar-refractivity contribution is 6.39. The standard InChI is InChI=1S/C35H39N3O3/c1-20-10-30-28(21(2)16-34(3,4)37(30)5)14-25(20)15-29-31(39)36-33(41)38(32(29)40)27-8-6-26(7-9-27)35-17-22-11-23(18-35)13-24(12-22)19-35/h6-10,14-16,22-24H,11-13,17-19H2,1-5H3,(H,36,39,41)/b29-15-. The summed E-state index contributed by atoms with van der Waals surface area (Å²) in [5.74, 6) is 1.26. The normalized spacial score (nSPS) is 31.0. The number of benzene rings is 2. The van der Waals surface area contributed by atoms with E-state index in [0.717, 1.165) is 50.6 Å². The van der Waals surface area contributed by atoms with Crippen molar-refractivity contribution in [3.8, 4) is 0 Å². The maximum Gasteiger partial charge on any atom is 0.335 e. The molecule has 0 unspecified atom stereocenters. The number of nitrogens with zero attached hydrogens (tertiary/aromatic N) is 2. The lowest BCUT2D eigenvalue weighted by Gasteiger charge is -2.57. The van der Waals surface area contributed by atoms with Crippen LogP contribution in [0, 0.1) is 24.7 Å². The average molecular weight is 550 g/mol. The Morgan fingerprint density at radius 3 is 2.12 bits per heavy atom. The lowest BCUT2D eigenvalue weighted by atomic mass is 9.48. The number of imide groups is 2. The third-order valence-electron chi connectivity index (χ3n) is 10.8. The van der Waals surface area contributed by atoms with E-state index >= 15 is 0 Å². The summed E-state index contributed by atoms with van der Waals surface area (Å²) in [6.07, 6.45) is 11.8. The van der Waals surface area contributed by atoms with Crippen molar-refractivity contribution in [3.05, 3.63) is 70.3 Å². The van der Waals surface area contributed by atoms with Crippen molar-refractivity contribution in [3.63, 3.8) is 0 Å². The molecule has 4 saturated carbocycles. The first-order valence-electron chi connectivity index (χ1n) is 15.0. The van der Waals surface area contributed by atoms with Crippen molar-refractivity contribution < 1.29 is 14.4 Å². The van der Waals surface area contributed by atoms with Crippen LogP contribution in [0.1, 0.15) is 81.5 Å². The zero-order valence-electron chi connectivity index (χ0n) is 24.7. The fraction of sp³-hybridized carbons (Fsp3) is 0.457. The van der Waals surface area contributed by atoms with Crippen molar-refractivity contribution >= 4 is 40.9 Å². The van der Waals surface area contributed by atoms with Gasteiger partial charge in [-0.05, 0) is 142 Å². The predicted molar refractivity (Wildman–Crippen MR) is 163 cm³/mol. The zero-order chi connectivity index (χ0) is 28.8. The number of hydrogen-bond donors (Lipinski definition) is 1. The summed E-state index contributed by atoms with van der Waals surface area (Å²) in [4.78, 5) is 43.0. The molecule has 41 heavy (non-hydrogen) atoms. The Kier molecular flexibility index (Phi) is 5.70. The summed E-state index contributed by atoms with van der Waals surface area (Å²) in [7, 11) is 2.08. The molecule has 8 rings (SSSR count). The van der Waals surface area contributed by atoms with Gasteiger partial charge in [-0.2, -0.15) is 0 Å². The Hall–Kier alpha value is -3.67. The van der Waals surface area contributed by atoms with Crippen LogP contribution in [0.2, 0.25) is 0 Å². The molecular weight excluding hydrogens is 510 g/mol. The lowest BCUT2D eigenvalue weighted by molar-refractivity contribution is -0.122. The number of likely N-dealkylation sites (N-methyl/N-ethyl adjacent to an activating group) is 1. The van der Waals surface area contributed by atoms with Gasteiger partial charge in [0.1, 0.15) is 5.57 Å². The maximum absolute atomic E-state index is 13.7. The van der Waals surface area contributed by atoms with E-state index in [1.165, 1.54) is 44.1 Å². The van der Waals surface area contributed by atoms with Crippen molar-refractivity contribution in [1.29, 1.82) is 0 Å². The minimum atomic E-state index is -0.704. The summed E-state index contributed by atoms with van der Waals surface area (Å²) < 4.78 is 0. The molecule has 0 aromatic heterocycles. The number of hydrogen-bond acceptors (Lipinski definition) is 4. The SMILES string of the molecule is CC1=CC(C)(C)N(C)c2cc(C)c(/C=C3/C(=O)NC(=O)N(c4ccc(C56CC7CC(CC(C7)C5)C6)cc4)C3=O)cc21. The van der Waals surface area contributed by atoms with E-state index in [-0.39, 0.29) is 16.5 Å². The summed E-state index contributed by atoms with van der Waals surface area (Å²) in [5.41, 5.74) is 6.99. The Balaban J connectivity index is 1.20. The molecule has 2 heterocycles. The molecule has 2 aliphatic heterocycles. The first-order valence-corrected chi connectivity index (χ1v) is 15.0. The molecular formula is C35H39N3O3. The molecule has 6 nitrogen and oxygen atoms in total. The van der Waals surface area contributed by atoms with Crippen molar-refractivity contribution in [2.24, 2.45) is 17.8 Å². The quantitative estimate of drug-likeness (QED) is 0.339. The van der Waals surface area contributed by atoms with Gasteiger partial charge in [-0.1, -0.05) is 18.2 Å². The summed E-state index contributed by atoms with van der Waals surface area (Å²) in [6, 6.07) is 11.4. The van der Waals surface area contributed by atoms with Gasteiger partial charge in [-0.15, -0.1) is 0 Å². The smallest absolute Gasteiger partial charge is 0.335 e. The monoisotopic (exact) mass is 549 g/mol. The third-order valence-corrected chi connectivity index (χ3v) is 10.8. The van der Waals surface area contributed by atoms with Crippen LogP contribution in [0.3, 0.4) is 0 Å². The Morgan fingerprint density at radius 2 is 1.51 bits per heavy atom. The predicted octanol–water partition coefficient (Wildman–Crippen LogP) is 6.76. The highest BCUT2D eigenvalue weighted by Gasteiger charge is 2.51. The molecule has 212 valence electrons. The zero-order valence-corrected chi connectivity index (χ0v) is 24.7. The minimum absolute atomic E-state index is 0.0380. The van der Waals surface area contributed by atoms with Gasteiger partial charge in [-0.3, -0.25) is 14.9 Å². The van der Waals surface area contributed by atoms with Crippen LogP contribution in [0.25, 0.3) is 11.6 Å². The van der Waals surface area contributed by atoms with Gasteiger partial charge in [0, 0.05) is 18.3 Å². The molecule has 2 aromatic rings. The number of aryl methyl sites for hydroxylation is 1. The van der Waals surface area contributed by atoms with Crippen LogP contribution in [0.15, 0.2) is 48.0 Å². The van der Waals surface area contributed by atoms with E-state index in [2.05, 4.69) is 62.3 Å². The highest BCUT2D eigenvalue weighted by Crippen LogP contribution is 2.60. The first-order chi connectivity index (χ1) is 19.4. The Morgan fingerprint density at radius 1 is 0.902 bits per heavy atom. The molecule has 0 atom stereocenters. The molecule has 4 bridgehead atoms. The summed E-state index contributed by atoms with van der Waals surface area (Å²) >= 11 is 0. The van der Waals surface area contributed by atoms with Gasteiger partial charge >= 0.3 is 6.03 Å². The van der Waals surface area contributed by atoms with Gasteiger partial charge in [0.25, 0.3) is 11.8 Å². The number of barbiturate groups is 1. The van der Waals surface area contributed by atoms with E-state index in [4.69, 9.17) is 0 Å². The number of carbonyl (C=O) groups is 3. The molecule has 4 aliphatic carbocycles. The van der Waals surface area contributed by atoms with Crippen LogP contribution in [0.4, 0.5) is 16.2 Å². The maximum atomic E-state index is 13.7. The molecule has 0 spiro atoms. The highest BCUT2D eigenvalue weighted by atomic mass is 16.2. The van der Waals surface area contributed by atoms with E-state index < -0.39 is 17.8 Å². The number of rotatable bonds is 3. The molecule has 4 amide bonds. The Labute approximate surface area is 242 Å². The van der Waals surface area contributed by atoms with Crippen LogP contribution < -0.4 is 15.1 Å². The van der Waals surface area contributed by atoms with Gasteiger partial charge in [0.05, 0.1) is 11.2 Å².